The van der Waals surface area contributed by atoms with E-state index in [4.69, 9.17) is 21.9 Å². The van der Waals surface area contributed by atoms with Crippen LogP contribution in [0.5, 0.6) is 0 Å². The molecule has 0 rings (SSSR count). The van der Waals surface area contributed by atoms with Crippen LogP contribution in [0, 0.1) is 0 Å². The molecule has 6 nitrogen and oxygen atoms in total. The summed E-state index contributed by atoms with van der Waals surface area (Å²) in [5.41, 5.74) is 0. The molecule has 0 heterocycles. The predicted octanol–water partition coefficient (Wildman–Crippen LogP) is -5.97. The molecule has 11 heteroatoms. The molecule has 68 valence electrons. The average molecular weight is 249 g/mol. The van der Waals surface area contributed by atoms with E-state index in [1.54, 1.807) is 0 Å². The van der Waals surface area contributed by atoms with E-state index in [1.807, 2.05) is 0 Å². The fraction of sp³-hybridized carbons (Fsp3) is 0. The maximum Gasteiger partial charge on any atom is 0.469 e. The summed E-state index contributed by atoms with van der Waals surface area (Å²) in [6.45, 7) is 0. The quantitative estimate of drug-likeness (QED) is 0.345. The van der Waals surface area contributed by atoms with Crippen molar-refractivity contribution in [1.29, 1.82) is 0 Å². The lowest BCUT2D eigenvalue weighted by molar-refractivity contribution is 0.274. The van der Waals surface area contributed by atoms with Crippen molar-refractivity contribution in [3.8, 4) is 0 Å². The zero-order chi connectivity index (χ0) is 8.53. The van der Waals surface area contributed by atoms with Crippen LogP contribution in [-0.4, -0.2) is 59.6 Å². The summed E-state index contributed by atoms with van der Waals surface area (Å²) in [4.78, 5) is 16.7. The Morgan fingerprint density at radius 3 is 2.27 bits per heavy atom. The molecular formula is H12O6Si5. The smallest absolute Gasteiger partial charge is 0.449 e. The first kappa shape index (κ1) is 11.8. The van der Waals surface area contributed by atoms with Gasteiger partial charge in [0.2, 0.25) is 0 Å². The molecule has 0 radical (unpaired) electrons. The highest BCUT2D eigenvalue weighted by Crippen LogP contribution is 1.74. The Morgan fingerprint density at radius 1 is 1.09 bits per heavy atom. The Kier molecular flexibility index (Phi) is 9.62. The van der Waals surface area contributed by atoms with Gasteiger partial charge < -0.3 is 26.1 Å². The maximum atomic E-state index is 8.35. The Balaban J connectivity index is 2.80. The van der Waals surface area contributed by atoms with Crippen molar-refractivity contribution in [2.45, 2.75) is 0 Å². The standard InChI is InChI=1S/H12O6Si5/c1-11(2)6-10-5-9-4-8-3-7/h1-2,11H,8-10H2,7H3. The fourth-order valence-corrected chi connectivity index (χ4v) is 6.30. The average Bonchev–Trinajstić information content (AvgIpc) is 1.96. The van der Waals surface area contributed by atoms with Crippen molar-refractivity contribution in [1.82, 2.24) is 0 Å². The topological polar surface area (TPSA) is 77.4 Å². The highest BCUT2D eigenvalue weighted by atomic mass is 28.4. The molecule has 0 aliphatic rings. The number of hydrogen-bond donors (Lipinski definition) is 2. The summed E-state index contributed by atoms with van der Waals surface area (Å²) in [6, 6.07) is 0. The molecule has 11 heavy (non-hydrogen) atoms. The number of rotatable bonds is 7. The molecule has 0 aromatic heterocycles. The Bertz CT molecular complexity index is 75.4. The van der Waals surface area contributed by atoms with Crippen molar-refractivity contribution < 1.29 is 26.1 Å². The van der Waals surface area contributed by atoms with Gasteiger partial charge in [-0.2, -0.15) is 0 Å². The highest BCUT2D eigenvalue weighted by Gasteiger charge is 2.00. The molecule has 2 N–H and O–H groups in total. The Morgan fingerprint density at radius 2 is 1.73 bits per heavy atom. The van der Waals surface area contributed by atoms with E-state index in [1.165, 1.54) is 0 Å². The zero-order valence-corrected chi connectivity index (χ0v) is 13.6. The summed E-state index contributed by atoms with van der Waals surface area (Å²) in [5, 5.41) is 0. The molecule has 0 unspecified atom stereocenters. The molecule has 0 bridgehead atoms. The molecular weight excluding hydrogens is 236 g/mol. The first-order valence-electron chi connectivity index (χ1n) is 2.89. The van der Waals surface area contributed by atoms with Gasteiger partial charge in [-0.15, -0.1) is 0 Å². The van der Waals surface area contributed by atoms with Gasteiger partial charge in [0.25, 0.3) is 30.0 Å². The minimum absolute atomic E-state index is 0.716. The predicted molar refractivity (Wildman–Crippen MR) is 51.5 cm³/mol. The largest absolute Gasteiger partial charge is 0.469 e. The van der Waals surface area contributed by atoms with Crippen molar-refractivity contribution in [2.75, 3.05) is 0 Å². The first-order chi connectivity index (χ1) is 5.27. The molecule has 0 aromatic rings. The summed E-state index contributed by atoms with van der Waals surface area (Å²) in [6.07, 6.45) is 0. The second-order valence-electron chi connectivity index (χ2n) is 1.54. The third kappa shape index (κ3) is 10.8. The van der Waals surface area contributed by atoms with Gasteiger partial charge in [-0.1, -0.05) is 0 Å². The van der Waals surface area contributed by atoms with Crippen LogP contribution in [0.1, 0.15) is 0 Å². The van der Waals surface area contributed by atoms with Gasteiger partial charge in [0.1, 0.15) is 10.5 Å². The maximum absolute atomic E-state index is 8.35. The third-order valence-electron chi connectivity index (χ3n) is 0.668. The van der Waals surface area contributed by atoms with Crippen molar-refractivity contribution in [3.63, 3.8) is 0 Å². The van der Waals surface area contributed by atoms with Crippen molar-refractivity contribution in [3.05, 3.63) is 0 Å². The highest BCUT2D eigenvalue weighted by molar-refractivity contribution is 6.48. The van der Waals surface area contributed by atoms with Crippen LogP contribution in [0.4, 0.5) is 0 Å². The minimum atomic E-state index is -2.84. The normalized spacial score (nSPS) is 14.5. The minimum Gasteiger partial charge on any atom is -0.449 e. The van der Waals surface area contributed by atoms with E-state index in [2.05, 4.69) is 4.12 Å². The van der Waals surface area contributed by atoms with E-state index in [0.29, 0.717) is 10.5 Å². The number of hydrogen-bond acceptors (Lipinski definition) is 6. The third-order valence-corrected chi connectivity index (χ3v) is 6.01. The fourth-order valence-electron chi connectivity index (χ4n) is 0.319. The van der Waals surface area contributed by atoms with Crippen LogP contribution in [0.15, 0.2) is 0 Å². The summed E-state index contributed by atoms with van der Waals surface area (Å²) in [5.74, 6) is 0. The van der Waals surface area contributed by atoms with E-state index in [9.17, 15) is 0 Å². The first-order valence-corrected chi connectivity index (χ1v) is 8.68. The van der Waals surface area contributed by atoms with E-state index in [0.717, 1.165) is 0 Å². The van der Waals surface area contributed by atoms with Crippen LogP contribution >= 0.6 is 0 Å². The van der Waals surface area contributed by atoms with Gasteiger partial charge in [-0.3, -0.25) is 0 Å². The van der Waals surface area contributed by atoms with Gasteiger partial charge in [-0.25, -0.2) is 0 Å². The Hall–Kier alpha value is 0.844. The van der Waals surface area contributed by atoms with E-state index < -0.39 is 39.5 Å². The molecule has 0 fully saturated rings. The van der Waals surface area contributed by atoms with Crippen LogP contribution in [-0.2, 0) is 16.5 Å². The molecule has 0 atom stereocenters. The molecule has 0 spiro atoms. The summed E-state index contributed by atoms with van der Waals surface area (Å²) >= 11 is 0. The second kappa shape index (κ2) is 8.94. The second-order valence-corrected chi connectivity index (χ2v) is 9.81. The lowest BCUT2D eigenvalue weighted by Gasteiger charge is -2.05. The van der Waals surface area contributed by atoms with E-state index in [-0.39, 0.29) is 0 Å². The lowest BCUT2D eigenvalue weighted by Crippen LogP contribution is -2.23. The Labute approximate surface area is 76.5 Å². The van der Waals surface area contributed by atoms with Crippen LogP contribution in [0.25, 0.3) is 0 Å². The van der Waals surface area contributed by atoms with Gasteiger partial charge in [0.05, 0.1) is 0 Å². The van der Waals surface area contributed by atoms with Crippen LogP contribution in [0.2, 0.25) is 0 Å². The van der Waals surface area contributed by atoms with Gasteiger partial charge in [-0.05, 0) is 0 Å². The molecule has 0 saturated carbocycles. The van der Waals surface area contributed by atoms with Crippen molar-refractivity contribution >= 4 is 50.0 Å². The molecule has 0 amide bonds. The SMILES string of the molecule is O[SiH](O)O[SiH2]O[SiH2]O[SiH2]O[SiH3]. The van der Waals surface area contributed by atoms with Gasteiger partial charge in [0, 0.05) is 0 Å². The summed E-state index contributed by atoms with van der Waals surface area (Å²) in [7, 11) is -5.03. The zero-order valence-electron chi connectivity index (χ0n) is 6.23. The molecule has 0 aliphatic carbocycles. The van der Waals surface area contributed by atoms with Crippen LogP contribution < -0.4 is 0 Å². The molecule has 0 aromatic carbocycles. The van der Waals surface area contributed by atoms with Gasteiger partial charge in [0.15, 0.2) is 0 Å². The molecule has 0 aliphatic heterocycles. The van der Waals surface area contributed by atoms with Crippen molar-refractivity contribution in [2.24, 2.45) is 0 Å². The van der Waals surface area contributed by atoms with Crippen LogP contribution in [0.3, 0.4) is 0 Å². The molecule has 0 saturated heterocycles. The lowest BCUT2D eigenvalue weighted by atomic mass is 15.7. The van der Waals surface area contributed by atoms with Gasteiger partial charge >= 0.3 is 9.53 Å². The monoisotopic (exact) mass is 248 g/mol. The van der Waals surface area contributed by atoms with E-state index >= 15 is 0 Å². The summed E-state index contributed by atoms with van der Waals surface area (Å²) < 4.78 is 19.4.